The molecule has 186 valence electrons. The predicted molar refractivity (Wildman–Crippen MR) is 124 cm³/mol. The summed E-state index contributed by atoms with van der Waals surface area (Å²) in [7, 11) is 1.41. The number of nitrogens with one attached hydrogen (secondary N) is 1. The molecule has 3 rings (SSSR count). The van der Waals surface area contributed by atoms with Gasteiger partial charge in [0.15, 0.2) is 0 Å². The first-order valence-corrected chi connectivity index (χ1v) is 10.6. The first-order valence-electron chi connectivity index (χ1n) is 9.83. The number of anilines is 1. The molecular weight excluding hydrogens is 551 g/mol. The lowest BCUT2D eigenvalue weighted by molar-refractivity contribution is -0.386. The molecule has 0 fully saturated rings. The minimum atomic E-state index is -4.92. The van der Waals surface area contributed by atoms with Gasteiger partial charge in [-0.05, 0) is 51.3 Å². The maximum absolute atomic E-state index is 13.9. The molecule has 0 spiro atoms. The van der Waals surface area contributed by atoms with Crippen molar-refractivity contribution in [3.63, 3.8) is 0 Å². The summed E-state index contributed by atoms with van der Waals surface area (Å²) < 4.78 is 46.5. The second kappa shape index (κ2) is 10.1. The van der Waals surface area contributed by atoms with Crippen LogP contribution in [0.15, 0.2) is 53.0 Å². The topological polar surface area (TPSA) is 146 Å². The first-order chi connectivity index (χ1) is 16.9. The van der Waals surface area contributed by atoms with Gasteiger partial charge in [-0.2, -0.15) is 18.4 Å². The summed E-state index contributed by atoms with van der Waals surface area (Å²) >= 11 is 2.82. The van der Waals surface area contributed by atoms with Gasteiger partial charge in [-0.15, -0.1) is 0 Å². The zero-order chi connectivity index (χ0) is 26.8. The van der Waals surface area contributed by atoms with Crippen LogP contribution in [0.5, 0.6) is 17.2 Å². The number of nitro benzene ring substituents is 1. The van der Waals surface area contributed by atoms with Crippen molar-refractivity contribution >= 4 is 33.2 Å². The highest BCUT2D eigenvalue weighted by molar-refractivity contribution is 9.10. The lowest BCUT2D eigenvalue weighted by Crippen LogP contribution is -2.16. The number of amides is 1. The Balaban J connectivity index is 2.05. The number of alkyl halides is 3. The number of rotatable bonds is 6. The van der Waals surface area contributed by atoms with Gasteiger partial charge < -0.3 is 20.3 Å². The number of benzene rings is 3. The monoisotopic (exact) mass is 565 g/mol. The molecule has 1 amide bonds. The number of carbonyl (C=O) groups excluding carboxylic acids is 1. The third-order valence-corrected chi connectivity index (χ3v) is 5.74. The van der Waals surface area contributed by atoms with E-state index in [-0.39, 0.29) is 15.6 Å². The zero-order valence-corrected chi connectivity index (χ0v) is 19.7. The Bertz CT molecular complexity index is 1390. The van der Waals surface area contributed by atoms with Crippen LogP contribution in [0.3, 0.4) is 0 Å². The first kappa shape index (κ1) is 26.3. The van der Waals surface area contributed by atoms with Gasteiger partial charge in [0, 0.05) is 11.8 Å². The third kappa shape index (κ3) is 5.18. The smallest absolute Gasteiger partial charge is 0.416 e. The van der Waals surface area contributed by atoms with Crippen molar-refractivity contribution in [1.82, 2.24) is 0 Å². The molecular formula is C23H15BrF3N3O6. The van der Waals surface area contributed by atoms with Gasteiger partial charge in [0.2, 0.25) is 5.75 Å². The molecule has 13 heteroatoms. The summed E-state index contributed by atoms with van der Waals surface area (Å²) in [6.07, 6.45) is -4.92. The summed E-state index contributed by atoms with van der Waals surface area (Å²) in [5.74, 6) is -4.19. The van der Waals surface area contributed by atoms with Crippen LogP contribution >= 0.6 is 15.9 Å². The number of ether oxygens (including phenoxy) is 1. The number of carbonyl (C=O) groups is 1. The van der Waals surface area contributed by atoms with E-state index in [0.717, 1.165) is 18.2 Å². The molecule has 3 N–H and O–H groups in total. The third-order valence-electron chi connectivity index (χ3n) is 5.14. The minimum Gasteiger partial charge on any atom is -0.506 e. The van der Waals surface area contributed by atoms with Crippen LogP contribution in [-0.4, -0.2) is 28.2 Å². The number of hydrogen-bond acceptors (Lipinski definition) is 7. The molecule has 3 aromatic rings. The second-order valence-electron chi connectivity index (χ2n) is 7.30. The quantitative estimate of drug-likeness (QED) is 0.256. The molecule has 9 nitrogen and oxygen atoms in total. The fraction of sp³-hybridized carbons (Fsp3) is 0.130. The van der Waals surface area contributed by atoms with Crippen LogP contribution in [0.4, 0.5) is 24.5 Å². The number of nitriles is 1. The highest BCUT2D eigenvalue weighted by atomic mass is 79.9. The van der Waals surface area contributed by atoms with Gasteiger partial charge >= 0.3 is 11.9 Å². The van der Waals surface area contributed by atoms with Gasteiger partial charge in [0.05, 0.1) is 34.1 Å². The van der Waals surface area contributed by atoms with Crippen molar-refractivity contribution in [3.05, 3.63) is 85.4 Å². The molecule has 0 aromatic heterocycles. The average molecular weight is 566 g/mol. The lowest BCUT2D eigenvalue weighted by Gasteiger charge is -2.19. The Morgan fingerprint density at radius 1 is 1.17 bits per heavy atom. The number of aromatic hydroxyl groups is 2. The summed E-state index contributed by atoms with van der Waals surface area (Å²) in [6.45, 7) is 0. The lowest BCUT2D eigenvalue weighted by atomic mass is 9.88. The average Bonchev–Trinajstić information content (AvgIpc) is 2.82. The second-order valence-corrected chi connectivity index (χ2v) is 8.15. The van der Waals surface area contributed by atoms with Crippen LogP contribution < -0.4 is 10.1 Å². The van der Waals surface area contributed by atoms with Crippen LogP contribution in [0.25, 0.3) is 0 Å². The normalized spacial score (nSPS) is 11.9. The van der Waals surface area contributed by atoms with Crippen molar-refractivity contribution in [2.24, 2.45) is 0 Å². The van der Waals surface area contributed by atoms with Crippen LogP contribution in [-0.2, 0) is 6.18 Å². The largest absolute Gasteiger partial charge is 0.506 e. The Morgan fingerprint density at radius 2 is 1.81 bits per heavy atom. The maximum Gasteiger partial charge on any atom is 0.416 e. The number of methoxy groups -OCH3 is 1. The van der Waals surface area contributed by atoms with E-state index in [1.165, 1.54) is 31.4 Å². The molecule has 1 atom stereocenters. The molecule has 1 unspecified atom stereocenters. The van der Waals surface area contributed by atoms with Crippen molar-refractivity contribution in [2.75, 3.05) is 12.4 Å². The maximum atomic E-state index is 13.9. The fourth-order valence-corrected chi connectivity index (χ4v) is 3.83. The fourth-order valence-electron chi connectivity index (χ4n) is 3.42. The Kier molecular flexibility index (Phi) is 7.40. The number of hydrogen-bond donors (Lipinski definition) is 3. The highest BCUT2D eigenvalue weighted by Gasteiger charge is 2.36. The number of phenols is 2. The summed E-state index contributed by atoms with van der Waals surface area (Å²) in [5, 5.41) is 43.0. The van der Waals surface area contributed by atoms with Crippen LogP contribution in [0.2, 0.25) is 0 Å². The summed E-state index contributed by atoms with van der Waals surface area (Å²) in [4.78, 5) is 22.8. The Hall–Kier alpha value is -4.31. The number of halogens is 4. The molecule has 0 bridgehead atoms. The Labute approximate surface area is 209 Å². The molecule has 36 heavy (non-hydrogen) atoms. The van der Waals surface area contributed by atoms with E-state index in [1.807, 2.05) is 6.07 Å². The molecule has 0 aliphatic rings. The van der Waals surface area contributed by atoms with Crippen LogP contribution in [0.1, 0.15) is 33.0 Å². The highest BCUT2D eigenvalue weighted by Crippen LogP contribution is 2.42. The predicted octanol–water partition coefficient (Wildman–Crippen LogP) is 5.70. The van der Waals surface area contributed by atoms with Gasteiger partial charge in [-0.1, -0.05) is 18.2 Å². The molecule has 0 aliphatic carbocycles. The molecule has 0 saturated heterocycles. The van der Waals surface area contributed by atoms with E-state index in [4.69, 9.17) is 4.74 Å². The summed E-state index contributed by atoms with van der Waals surface area (Å²) in [5.41, 5.74) is -3.54. The van der Waals surface area contributed by atoms with Gasteiger partial charge in [0.25, 0.3) is 5.91 Å². The van der Waals surface area contributed by atoms with E-state index in [2.05, 4.69) is 21.2 Å². The van der Waals surface area contributed by atoms with Gasteiger partial charge in [-0.3, -0.25) is 14.9 Å². The minimum absolute atomic E-state index is 0.275. The van der Waals surface area contributed by atoms with Crippen molar-refractivity contribution in [1.29, 1.82) is 5.26 Å². The Morgan fingerprint density at radius 3 is 2.33 bits per heavy atom. The van der Waals surface area contributed by atoms with Crippen molar-refractivity contribution < 1.29 is 37.8 Å². The molecule has 0 aliphatic heterocycles. The van der Waals surface area contributed by atoms with E-state index < -0.39 is 56.9 Å². The van der Waals surface area contributed by atoms with Crippen molar-refractivity contribution in [2.45, 2.75) is 12.1 Å². The molecule has 3 aromatic carbocycles. The summed E-state index contributed by atoms with van der Waals surface area (Å²) in [6, 6.07) is 11.2. The van der Waals surface area contributed by atoms with Crippen LogP contribution in [0, 0.1) is 21.4 Å². The van der Waals surface area contributed by atoms with E-state index >= 15 is 0 Å². The standard InChI is InChI=1S/C23H15BrF3N3O6/c1-36-13-5-2-11(3-6-13)15(10-28)14-7-4-12(8-16(14)23(25,26)27)29-22(33)19-20(31)17(24)9-18(21(19)32)30(34)35/h2-9,15,31-32H,1H3,(H,29,33). The molecule has 0 heterocycles. The number of nitro groups is 1. The van der Waals surface area contributed by atoms with Gasteiger partial charge in [0.1, 0.15) is 17.1 Å². The van der Waals surface area contributed by atoms with Gasteiger partial charge in [-0.25, -0.2) is 0 Å². The zero-order valence-electron chi connectivity index (χ0n) is 18.1. The number of phenolic OH excluding ortho intramolecular Hbond substituents is 2. The molecule has 0 saturated carbocycles. The molecule has 0 radical (unpaired) electrons. The van der Waals surface area contributed by atoms with E-state index in [9.17, 15) is 43.6 Å². The SMILES string of the molecule is COc1ccc(C(C#N)c2ccc(NC(=O)c3c(O)c(Br)cc([N+](=O)[O-])c3O)cc2C(F)(F)F)cc1. The number of nitrogens with zero attached hydrogens (tertiary/aromatic N) is 2. The van der Waals surface area contributed by atoms with E-state index in [0.29, 0.717) is 11.8 Å². The van der Waals surface area contributed by atoms with Crippen molar-refractivity contribution in [3.8, 4) is 23.3 Å². The van der Waals surface area contributed by atoms with E-state index in [1.54, 1.807) is 0 Å².